The van der Waals surface area contributed by atoms with Crippen molar-refractivity contribution in [2.75, 3.05) is 0 Å². The number of rotatable bonds is 8. The van der Waals surface area contributed by atoms with Crippen LogP contribution in [0.25, 0.3) is 144 Å². The number of hydrogen-bond donors (Lipinski definition) is 0. The lowest BCUT2D eigenvalue weighted by molar-refractivity contribution is 0.992. The molecule has 334 valence electrons. The van der Waals surface area contributed by atoms with Crippen LogP contribution >= 0.6 is 0 Å². The van der Waals surface area contributed by atoms with Gasteiger partial charge in [0.1, 0.15) is 0 Å². The standard InChI is InChI=1S/C68H42N4/c1-4-12-43(13-5-1)45-22-24-47(25-23-45)51-34-35-57(58(40-51)48-28-26-46(27-29-48)44-14-6-2-7-15-44)59-36-37-69-68(70-59)72-61-21-11-17-50-31-33-53-39-55(42-63(72)67(53)65(50)61)54-38-52-32-30-49-16-10-20-60-64(49)66(52)62(41-54)71(60)56-18-8-3-9-19-56/h1-42H. The molecule has 4 heteroatoms. The van der Waals surface area contributed by atoms with Crippen LogP contribution in [0, 0.1) is 0 Å². The average Bonchev–Trinajstić information content (AvgIpc) is 3.99. The van der Waals surface area contributed by atoms with E-state index in [9.17, 15) is 0 Å². The van der Waals surface area contributed by atoms with Crippen molar-refractivity contribution in [3.63, 3.8) is 0 Å². The zero-order valence-corrected chi connectivity index (χ0v) is 39.0. The fourth-order valence-electron chi connectivity index (χ4n) is 11.5. The fourth-order valence-corrected chi connectivity index (χ4v) is 11.5. The lowest BCUT2D eigenvalue weighted by Crippen LogP contribution is -2.02. The van der Waals surface area contributed by atoms with Gasteiger partial charge in [-0.15, -0.1) is 0 Å². The van der Waals surface area contributed by atoms with E-state index in [2.05, 4.69) is 258 Å². The number of benzene rings is 12. The minimum Gasteiger partial charge on any atom is -0.309 e. The second-order valence-electron chi connectivity index (χ2n) is 19.0. The molecular formula is C68H42N4. The first-order chi connectivity index (χ1) is 35.7. The van der Waals surface area contributed by atoms with Gasteiger partial charge in [-0.05, 0) is 138 Å². The first-order valence-corrected chi connectivity index (χ1v) is 24.6. The van der Waals surface area contributed by atoms with Crippen LogP contribution in [0.5, 0.6) is 0 Å². The van der Waals surface area contributed by atoms with Gasteiger partial charge >= 0.3 is 0 Å². The van der Waals surface area contributed by atoms with Gasteiger partial charge in [-0.1, -0.05) is 188 Å². The van der Waals surface area contributed by atoms with Gasteiger partial charge in [-0.25, -0.2) is 9.97 Å². The Labute approximate surface area is 415 Å². The fraction of sp³-hybridized carbons (Fsp3) is 0. The first kappa shape index (κ1) is 40.3. The van der Waals surface area contributed by atoms with Crippen LogP contribution in [0.15, 0.2) is 255 Å². The summed E-state index contributed by atoms with van der Waals surface area (Å²) in [6.07, 6.45) is 1.92. The van der Waals surface area contributed by atoms with Crippen LogP contribution in [0.2, 0.25) is 0 Å². The second-order valence-corrected chi connectivity index (χ2v) is 19.0. The van der Waals surface area contributed by atoms with Crippen molar-refractivity contribution in [3.8, 4) is 78.5 Å². The van der Waals surface area contributed by atoms with Gasteiger partial charge in [0.15, 0.2) is 0 Å². The molecule has 0 bridgehead atoms. The maximum atomic E-state index is 5.53. The molecule has 0 saturated carbocycles. The van der Waals surface area contributed by atoms with E-state index in [-0.39, 0.29) is 0 Å². The van der Waals surface area contributed by atoms with Crippen LogP contribution in [0.1, 0.15) is 0 Å². The lowest BCUT2D eigenvalue weighted by Gasteiger charge is -2.15. The highest BCUT2D eigenvalue weighted by atomic mass is 15.2. The summed E-state index contributed by atoms with van der Waals surface area (Å²) < 4.78 is 4.71. The molecule has 0 saturated heterocycles. The maximum absolute atomic E-state index is 5.53. The van der Waals surface area contributed by atoms with E-state index in [1.165, 1.54) is 76.4 Å². The Hall–Kier alpha value is -9.64. The quantitative estimate of drug-likeness (QED) is 0.142. The van der Waals surface area contributed by atoms with Crippen LogP contribution < -0.4 is 0 Å². The van der Waals surface area contributed by atoms with E-state index >= 15 is 0 Å². The highest BCUT2D eigenvalue weighted by Crippen LogP contribution is 2.45. The van der Waals surface area contributed by atoms with Gasteiger partial charge in [0.05, 0.1) is 27.8 Å². The monoisotopic (exact) mass is 914 g/mol. The molecule has 3 heterocycles. The zero-order valence-electron chi connectivity index (χ0n) is 39.0. The summed E-state index contributed by atoms with van der Waals surface area (Å²) in [5.41, 5.74) is 19.2. The topological polar surface area (TPSA) is 35.6 Å². The Balaban J connectivity index is 0.903. The Kier molecular flexibility index (Phi) is 8.92. The molecule has 0 aliphatic heterocycles. The van der Waals surface area contributed by atoms with Gasteiger partial charge in [-0.2, -0.15) is 0 Å². The van der Waals surface area contributed by atoms with Crippen LogP contribution in [-0.2, 0) is 0 Å². The third kappa shape index (κ3) is 6.33. The third-order valence-corrected chi connectivity index (χ3v) is 14.9. The predicted molar refractivity (Wildman–Crippen MR) is 301 cm³/mol. The highest BCUT2D eigenvalue weighted by Gasteiger charge is 2.23. The van der Waals surface area contributed by atoms with Crippen LogP contribution in [-0.4, -0.2) is 19.1 Å². The highest BCUT2D eigenvalue weighted by molar-refractivity contribution is 6.27. The van der Waals surface area contributed by atoms with Gasteiger partial charge < -0.3 is 4.57 Å². The molecule has 4 nitrogen and oxygen atoms in total. The Morgan fingerprint density at radius 3 is 1.31 bits per heavy atom. The molecule has 0 radical (unpaired) electrons. The third-order valence-electron chi connectivity index (χ3n) is 14.9. The molecule has 0 N–H and O–H groups in total. The lowest BCUT2D eigenvalue weighted by atomic mass is 9.91. The number of para-hydroxylation sites is 1. The van der Waals surface area contributed by atoms with Crippen LogP contribution in [0.4, 0.5) is 0 Å². The molecule has 0 spiro atoms. The molecule has 0 unspecified atom stereocenters. The molecular weight excluding hydrogens is 873 g/mol. The van der Waals surface area contributed by atoms with Gasteiger partial charge in [0.25, 0.3) is 0 Å². The Bertz CT molecular complexity index is 4510. The average molecular weight is 915 g/mol. The zero-order chi connectivity index (χ0) is 47.3. The Morgan fingerprint density at radius 1 is 0.264 bits per heavy atom. The molecule has 0 aliphatic carbocycles. The SMILES string of the molecule is c1ccc(-c2ccc(-c3ccc(-c4ccnc(-n5c6cccc7ccc8cc(-c9cc%10ccc%11cccc%12c%11c%10c(c9)n%12-c9ccccc9)cc5c8c76)n4)c(-c4ccc(-c5ccccc5)cc4)c3)cc2)cc1. The van der Waals surface area contributed by atoms with Crippen molar-refractivity contribution in [3.05, 3.63) is 255 Å². The minimum absolute atomic E-state index is 0.630. The summed E-state index contributed by atoms with van der Waals surface area (Å²) in [7, 11) is 0. The van der Waals surface area contributed by atoms with Crippen molar-refractivity contribution in [1.29, 1.82) is 0 Å². The van der Waals surface area contributed by atoms with E-state index in [4.69, 9.17) is 9.97 Å². The van der Waals surface area contributed by atoms with E-state index in [1.807, 2.05) is 6.20 Å². The molecule has 3 aromatic heterocycles. The molecule has 0 amide bonds. The van der Waals surface area contributed by atoms with Crippen molar-refractivity contribution in [1.82, 2.24) is 19.1 Å². The largest absolute Gasteiger partial charge is 0.309 e. The smallest absolute Gasteiger partial charge is 0.235 e. The normalized spacial score (nSPS) is 11.9. The predicted octanol–water partition coefficient (Wildman–Crippen LogP) is 17.9. The molecule has 0 aliphatic rings. The molecule has 12 aromatic carbocycles. The molecule has 0 fully saturated rings. The summed E-state index contributed by atoms with van der Waals surface area (Å²) in [4.78, 5) is 10.6. The van der Waals surface area contributed by atoms with Gasteiger partial charge in [0, 0.05) is 39.0 Å². The van der Waals surface area contributed by atoms with Gasteiger partial charge in [-0.3, -0.25) is 4.57 Å². The number of nitrogens with zero attached hydrogens (tertiary/aromatic N) is 4. The summed E-state index contributed by atoms with van der Waals surface area (Å²) in [6.45, 7) is 0. The van der Waals surface area contributed by atoms with E-state index in [1.54, 1.807) is 0 Å². The van der Waals surface area contributed by atoms with Crippen LogP contribution in [0.3, 0.4) is 0 Å². The number of aromatic nitrogens is 4. The molecule has 0 atom stereocenters. The van der Waals surface area contributed by atoms with Crippen molar-refractivity contribution in [2.24, 2.45) is 0 Å². The molecule has 15 aromatic rings. The second kappa shape index (κ2) is 16.0. The Morgan fingerprint density at radius 2 is 0.722 bits per heavy atom. The maximum Gasteiger partial charge on any atom is 0.235 e. The first-order valence-electron chi connectivity index (χ1n) is 24.6. The summed E-state index contributed by atoms with van der Waals surface area (Å²) in [5.74, 6) is 0.630. The van der Waals surface area contributed by atoms with E-state index < -0.39 is 0 Å². The van der Waals surface area contributed by atoms with E-state index in [0.717, 1.165) is 61.4 Å². The van der Waals surface area contributed by atoms with Crippen molar-refractivity contribution < 1.29 is 0 Å². The summed E-state index contributed by atoms with van der Waals surface area (Å²) in [6, 6.07) is 90.3. The van der Waals surface area contributed by atoms with Crippen molar-refractivity contribution >= 4 is 65.2 Å². The van der Waals surface area contributed by atoms with E-state index in [0.29, 0.717) is 5.95 Å². The molecule has 72 heavy (non-hydrogen) atoms. The minimum atomic E-state index is 0.630. The van der Waals surface area contributed by atoms with Gasteiger partial charge in [0.2, 0.25) is 5.95 Å². The summed E-state index contributed by atoms with van der Waals surface area (Å²) >= 11 is 0. The number of hydrogen-bond acceptors (Lipinski definition) is 2. The van der Waals surface area contributed by atoms with Crippen molar-refractivity contribution in [2.45, 2.75) is 0 Å². The molecule has 15 rings (SSSR count). The summed E-state index contributed by atoms with van der Waals surface area (Å²) in [5, 5.41) is 9.89.